The molecule has 6 nitrogen and oxygen atoms in total. The Balaban J connectivity index is 1.32. The van der Waals surface area contributed by atoms with E-state index >= 15 is 0 Å². The van der Waals surface area contributed by atoms with E-state index in [1.54, 1.807) is 0 Å². The molecule has 1 fully saturated rings. The molecule has 0 aliphatic heterocycles. The van der Waals surface area contributed by atoms with Crippen LogP contribution in [-0.2, 0) is 31.2 Å². The molecule has 2 aromatic heterocycles. The first-order valence-corrected chi connectivity index (χ1v) is 11.5. The molecule has 1 amide bonds. The summed E-state index contributed by atoms with van der Waals surface area (Å²) >= 11 is 1.39. The molecule has 2 aliphatic rings. The van der Waals surface area contributed by atoms with Crippen molar-refractivity contribution in [1.29, 1.82) is 0 Å². The summed E-state index contributed by atoms with van der Waals surface area (Å²) in [5.41, 5.74) is 5.40. The minimum Gasteiger partial charge on any atom is -0.431 e. The van der Waals surface area contributed by atoms with Gasteiger partial charge in [0.15, 0.2) is 5.58 Å². The number of hydrogen-bond acceptors (Lipinski definition) is 5. The number of carbonyl (C=O) groups is 1. The van der Waals surface area contributed by atoms with Gasteiger partial charge in [-0.2, -0.15) is 5.10 Å². The maximum Gasteiger partial charge on any atom is 0.257 e. The van der Waals surface area contributed by atoms with Crippen molar-refractivity contribution in [3.8, 4) is 0 Å². The quantitative estimate of drug-likeness (QED) is 0.572. The first kappa shape index (κ1) is 18.7. The first-order chi connectivity index (χ1) is 14.2. The van der Waals surface area contributed by atoms with Crippen LogP contribution in [0.4, 0.5) is 0 Å². The lowest BCUT2D eigenvalue weighted by Crippen LogP contribution is -2.39. The molecule has 152 valence electrons. The lowest BCUT2D eigenvalue weighted by molar-refractivity contribution is -0.131. The molecule has 0 unspecified atom stereocenters. The summed E-state index contributed by atoms with van der Waals surface area (Å²) in [6.07, 6.45) is 7.97. The molecule has 1 aromatic carbocycles. The van der Waals surface area contributed by atoms with Crippen LogP contribution >= 0.6 is 11.8 Å². The Kier molecular flexibility index (Phi) is 5.08. The van der Waals surface area contributed by atoms with Gasteiger partial charge in [-0.3, -0.25) is 9.48 Å². The van der Waals surface area contributed by atoms with Crippen LogP contribution in [0.1, 0.15) is 49.1 Å². The van der Waals surface area contributed by atoms with Gasteiger partial charge in [0, 0.05) is 18.8 Å². The Morgan fingerprint density at radius 2 is 2.07 bits per heavy atom. The van der Waals surface area contributed by atoms with Gasteiger partial charge < -0.3 is 9.32 Å². The Morgan fingerprint density at radius 1 is 1.24 bits per heavy atom. The van der Waals surface area contributed by atoms with Crippen molar-refractivity contribution < 1.29 is 9.21 Å². The second kappa shape index (κ2) is 7.86. The second-order valence-electron chi connectivity index (χ2n) is 8.05. The summed E-state index contributed by atoms with van der Waals surface area (Å²) in [5.74, 6) is 0.500. The molecule has 0 spiro atoms. The van der Waals surface area contributed by atoms with Crippen molar-refractivity contribution in [2.24, 2.45) is 7.05 Å². The first-order valence-electron chi connectivity index (χ1n) is 10.5. The summed E-state index contributed by atoms with van der Waals surface area (Å²) in [5, 5.41) is 5.32. The van der Waals surface area contributed by atoms with E-state index in [9.17, 15) is 4.79 Å². The van der Waals surface area contributed by atoms with E-state index in [2.05, 4.69) is 9.88 Å². The molecule has 3 aromatic rings. The van der Waals surface area contributed by atoms with Gasteiger partial charge in [0.1, 0.15) is 5.52 Å². The van der Waals surface area contributed by atoms with E-state index < -0.39 is 0 Å². The minimum absolute atomic E-state index is 0.154. The normalized spacial score (nSPS) is 16.6. The molecular weight excluding hydrogens is 384 g/mol. The summed E-state index contributed by atoms with van der Waals surface area (Å²) in [7, 11) is 2.03. The molecular formula is C22H26N4O2S. The van der Waals surface area contributed by atoms with E-state index in [1.165, 1.54) is 42.3 Å². The average Bonchev–Trinajstić information content (AvgIpc) is 3.50. The predicted octanol–water partition coefficient (Wildman–Crippen LogP) is 4.11. The highest BCUT2D eigenvalue weighted by Crippen LogP contribution is 2.30. The number of amides is 1. The van der Waals surface area contributed by atoms with Crippen LogP contribution in [0.5, 0.6) is 0 Å². The minimum atomic E-state index is 0.154. The van der Waals surface area contributed by atoms with E-state index in [0.717, 1.165) is 42.5 Å². The third-order valence-corrected chi connectivity index (χ3v) is 7.01. The summed E-state index contributed by atoms with van der Waals surface area (Å²) < 4.78 is 7.79. The lowest BCUT2D eigenvalue weighted by atomic mass is 10.1. The highest BCUT2D eigenvalue weighted by Gasteiger charge is 2.30. The number of hydrogen-bond donors (Lipinski definition) is 0. The number of fused-ring (bicyclic) bond motifs is 2. The molecule has 29 heavy (non-hydrogen) atoms. The van der Waals surface area contributed by atoms with Crippen LogP contribution in [0.2, 0.25) is 0 Å². The van der Waals surface area contributed by atoms with Crippen LogP contribution < -0.4 is 0 Å². The monoisotopic (exact) mass is 410 g/mol. The summed E-state index contributed by atoms with van der Waals surface area (Å²) in [4.78, 5) is 19.8. The van der Waals surface area contributed by atoms with Gasteiger partial charge in [-0.1, -0.05) is 36.7 Å². The van der Waals surface area contributed by atoms with E-state index in [0.29, 0.717) is 23.6 Å². The predicted molar refractivity (Wildman–Crippen MR) is 113 cm³/mol. The fourth-order valence-corrected chi connectivity index (χ4v) is 5.47. The van der Waals surface area contributed by atoms with Crippen LogP contribution in [-0.4, -0.2) is 37.4 Å². The van der Waals surface area contributed by atoms with E-state index in [1.807, 2.05) is 36.0 Å². The number of rotatable bonds is 6. The van der Waals surface area contributed by atoms with Crippen molar-refractivity contribution in [2.75, 3.05) is 5.75 Å². The van der Waals surface area contributed by atoms with E-state index in [4.69, 9.17) is 9.52 Å². The number of carbonyl (C=O) groups excluding carboxylic acids is 1. The molecule has 2 heterocycles. The van der Waals surface area contributed by atoms with E-state index in [-0.39, 0.29) is 5.91 Å². The SMILES string of the molecule is Cn1nc(CN(C(=O)CSc2nc3ccccc3o2)C2CCCC2)c2c1CCC2. The molecule has 0 saturated heterocycles. The number of benzene rings is 1. The van der Waals surface area contributed by atoms with Crippen LogP contribution in [0, 0.1) is 0 Å². The fraction of sp³-hybridized carbons (Fsp3) is 0.500. The third-order valence-electron chi connectivity index (χ3n) is 6.20. The molecule has 1 saturated carbocycles. The van der Waals surface area contributed by atoms with Gasteiger partial charge in [-0.05, 0) is 49.8 Å². The zero-order valence-corrected chi connectivity index (χ0v) is 17.6. The van der Waals surface area contributed by atoms with Crippen LogP contribution in [0.25, 0.3) is 11.1 Å². The number of para-hydroxylation sites is 2. The second-order valence-corrected chi connectivity index (χ2v) is 8.97. The number of oxazole rings is 1. The zero-order chi connectivity index (χ0) is 19.8. The largest absolute Gasteiger partial charge is 0.431 e. The van der Waals surface area contributed by atoms with Gasteiger partial charge in [-0.25, -0.2) is 4.98 Å². The maximum absolute atomic E-state index is 13.2. The highest BCUT2D eigenvalue weighted by molar-refractivity contribution is 7.99. The van der Waals surface area contributed by atoms with Crippen molar-refractivity contribution in [3.63, 3.8) is 0 Å². The van der Waals surface area contributed by atoms with Crippen molar-refractivity contribution in [1.82, 2.24) is 19.7 Å². The molecule has 0 radical (unpaired) electrons. The molecule has 0 N–H and O–H groups in total. The Morgan fingerprint density at radius 3 is 2.90 bits per heavy atom. The standard InChI is InChI=1S/C22H26N4O2S/c1-25-19-11-6-9-16(19)18(24-25)13-26(15-7-2-3-8-15)21(27)14-29-22-23-17-10-4-5-12-20(17)28-22/h4-5,10,12,15H,2-3,6-9,11,13-14H2,1H3. The third kappa shape index (κ3) is 3.68. The summed E-state index contributed by atoms with van der Waals surface area (Å²) in [6, 6.07) is 8.03. The molecule has 5 rings (SSSR count). The van der Waals surface area contributed by atoms with Crippen LogP contribution in [0.15, 0.2) is 33.9 Å². The lowest BCUT2D eigenvalue weighted by Gasteiger charge is -2.28. The molecule has 0 atom stereocenters. The van der Waals surface area contributed by atoms with Gasteiger partial charge in [0.2, 0.25) is 5.91 Å². The molecule has 2 aliphatic carbocycles. The molecule has 0 bridgehead atoms. The van der Waals surface area contributed by atoms with Gasteiger partial charge in [0.05, 0.1) is 18.0 Å². The Labute approximate surface area is 174 Å². The maximum atomic E-state index is 13.2. The Bertz CT molecular complexity index is 1000. The highest BCUT2D eigenvalue weighted by atomic mass is 32.2. The number of aromatic nitrogens is 3. The average molecular weight is 411 g/mol. The number of aryl methyl sites for hydroxylation is 1. The smallest absolute Gasteiger partial charge is 0.257 e. The Hall–Kier alpha value is -2.28. The van der Waals surface area contributed by atoms with Gasteiger partial charge >= 0.3 is 0 Å². The van der Waals surface area contributed by atoms with Gasteiger partial charge in [0.25, 0.3) is 5.22 Å². The van der Waals surface area contributed by atoms with Crippen LogP contribution in [0.3, 0.4) is 0 Å². The topological polar surface area (TPSA) is 64.2 Å². The molecule has 7 heteroatoms. The van der Waals surface area contributed by atoms with Crippen molar-refractivity contribution in [2.45, 2.75) is 62.8 Å². The number of nitrogens with zero attached hydrogens (tertiary/aromatic N) is 4. The zero-order valence-electron chi connectivity index (χ0n) is 16.8. The number of thioether (sulfide) groups is 1. The van der Waals surface area contributed by atoms with Gasteiger partial charge in [-0.15, -0.1) is 0 Å². The summed E-state index contributed by atoms with van der Waals surface area (Å²) in [6.45, 7) is 0.626. The fourth-order valence-electron chi connectivity index (χ4n) is 4.74. The van der Waals surface area contributed by atoms with Crippen molar-refractivity contribution in [3.05, 3.63) is 41.2 Å². The van der Waals surface area contributed by atoms with Crippen molar-refractivity contribution >= 4 is 28.8 Å².